The average molecular weight is 573 g/mol. The molecule has 2 amide bonds. The van der Waals surface area contributed by atoms with Crippen LogP contribution in [0.15, 0.2) is 80.1 Å². The molecule has 2 aromatic carbocycles. The summed E-state index contributed by atoms with van der Waals surface area (Å²) in [6.45, 7) is 5.17. The number of aryl methyl sites for hydroxylation is 2. The summed E-state index contributed by atoms with van der Waals surface area (Å²) in [5, 5.41) is 2.98. The molecule has 3 N–H and O–H groups in total. The highest BCUT2D eigenvalue weighted by Gasteiger charge is 2.34. The molecule has 0 bridgehead atoms. The number of carbonyl (C=O) groups excluding carboxylic acids is 2. The van der Waals surface area contributed by atoms with Crippen molar-refractivity contribution in [3.05, 3.63) is 108 Å². The highest BCUT2D eigenvalue weighted by molar-refractivity contribution is 7.07. The molecule has 2 aromatic heterocycles. The standard InChI is InChI=1S/C30H28N4O6S/c1-16-7-5-6-8-20(16)33-28(36)26-18(3)32-30-34(27(26)22-11-9-17(2)40-22)29(37)24(41-30)14-19-10-12-21(23(13-19)38-4)39-15-25(31)35/h5-14,27H,15H2,1-4H3,(H2,31,35)(H,33,36). The summed E-state index contributed by atoms with van der Waals surface area (Å²) in [5.74, 6) is 0.852. The summed E-state index contributed by atoms with van der Waals surface area (Å²) in [4.78, 5) is 43.8. The summed E-state index contributed by atoms with van der Waals surface area (Å²) in [6.07, 6.45) is 1.71. The van der Waals surface area contributed by atoms with Gasteiger partial charge in [-0.1, -0.05) is 35.6 Å². The maximum absolute atomic E-state index is 13.9. The van der Waals surface area contributed by atoms with Crippen LogP contribution in [0.25, 0.3) is 6.08 Å². The second-order valence-corrected chi connectivity index (χ2v) is 10.5. The lowest BCUT2D eigenvalue weighted by atomic mass is 10.00. The molecule has 4 aromatic rings. The van der Waals surface area contributed by atoms with Gasteiger partial charge in [-0.3, -0.25) is 19.0 Å². The molecule has 0 saturated heterocycles. The number of fused-ring (bicyclic) bond motifs is 1. The fraction of sp³-hybridized carbons (Fsp3) is 0.200. The van der Waals surface area contributed by atoms with E-state index in [0.717, 1.165) is 5.56 Å². The van der Waals surface area contributed by atoms with E-state index in [1.807, 2.05) is 31.2 Å². The molecule has 0 radical (unpaired) electrons. The number of furan rings is 1. The monoisotopic (exact) mass is 572 g/mol. The molecule has 0 fully saturated rings. The van der Waals surface area contributed by atoms with E-state index in [1.165, 1.54) is 23.0 Å². The summed E-state index contributed by atoms with van der Waals surface area (Å²) in [6, 6.07) is 15.3. The zero-order valence-corrected chi connectivity index (χ0v) is 23.7. The van der Waals surface area contributed by atoms with Crippen LogP contribution in [0.3, 0.4) is 0 Å². The van der Waals surface area contributed by atoms with Crippen LogP contribution in [-0.2, 0) is 9.59 Å². The predicted octanol–water partition coefficient (Wildman–Crippen LogP) is 2.96. The van der Waals surface area contributed by atoms with E-state index in [2.05, 4.69) is 10.3 Å². The Labute approximate surface area is 239 Å². The molecule has 1 aliphatic rings. The first kappa shape index (κ1) is 27.7. The zero-order chi connectivity index (χ0) is 29.3. The van der Waals surface area contributed by atoms with Crippen molar-refractivity contribution in [3.8, 4) is 11.5 Å². The van der Waals surface area contributed by atoms with E-state index < -0.39 is 11.9 Å². The number of carbonyl (C=O) groups is 2. The number of thiazole rings is 1. The number of para-hydroxylation sites is 1. The molecule has 1 aliphatic heterocycles. The molecule has 1 unspecified atom stereocenters. The van der Waals surface area contributed by atoms with Gasteiger partial charge in [0.15, 0.2) is 22.9 Å². The van der Waals surface area contributed by atoms with Gasteiger partial charge in [0.25, 0.3) is 17.4 Å². The van der Waals surface area contributed by atoms with Crippen LogP contribution in [-0.4, -0.2) is 30.1 Å². The maximum atomic E-state index is 13.9. The van der Waals surface area contributed by atoms with Crippen LogP contribution >= 0.6 is 11.3 Å². The quantitative estimate of drug-likeness (QED) is 0.333. The lowest BCUT2D eigenvalue weighted by Gasteiger charge is -2.23. The Morgan fingerprint density at radius 2 is 1.90 bits per heavy atom. The number of benzene rings is 2. The minimum absolute atomic E-state index is 0.292. The number of primary amides is 1. The summed E-state index contributed by atoms with van der Waals surface area (Å²) in [5.41, 5.74) is 7.90. The Kier molecular flexibility index (Phi) is 7.62. The molecule has 0 spiro atoms. The molecule has 11 heteroatoms. The van der Waals surface area contributed by atoms with Crippen molar-refractivity contribution in [1.29, 1.82) is 0 Å². The molecule has 0 aliphatic carbocycles. The molecule has 1 atom stereocenters. The van der Waals surface area contributed by atoms with Gasteiger partial charge in [0.1, 0.15) is 17.6 Å². The van der Waals surface area contributed by atoms with Gasteiger partial charge in [0.2, 0.25) is 0 Å². The molecular formula is C30H28N4O6S. The molecule has 10 nitrogen and oxygen atoms in total. The topological polar surface area (TPSA) is 138 Å². The van der Waals surface area contributed by atoms with Gasteiger partial charge < -0.3 is 24.9 Å². The van der Waals surface area contributed by atoms with E-state index in [-0.39, 0.29) is 18.1 Å². The number of anilines is 1. The lowest BCUT2D eigenvalue weighted by Crippen LogP contribution is -2.40. The van der Waals surface area contributed by atoms with Gasteiger partial charge >= 0.3 is 0 Å². The van der Waals surface area contributed by atoms with Crippen molar-refractivity contribution < 1.29 is 23.5 Å². The third-order valence-electron chi connectivity index (χ3n) is 6.55. The average Bonchev–Trinajstić information content (AvgIpc) is 3.50. The molecule has 41 heavy (non-hydrogen) atoms. The SMILES string of the molecule is COc1cc(C=c2sc3n(c2=O)C(c2ccc(C)o2)C(C(=O)Nc2ccccc2C)=C(C)N=3)ccc1OCC(N)=O. The van der Waals surface area contributed by atoms with E-state index >= 15 is 0 Å². The number of amides is 2. The Balaban J connectivity index is 1.59. The molecule has 3 heterocycles. The Morgan fingerprint density at radius 3 is 2.59 bits per heavy atom. The van der Waals surface area contributed by atoms with Crippen LogP contribution in [0.2, 0.25) is 0 Å². The smallest absolute Gasteiger partial charge is 0.271 e. The number of hydrogen-bond donors (Lipinski definition) is 2. The second kappa shape index (κ2) is 11.3. The number of nitrogens with one attached hydrogen (secondary N) is 1. The van der Waals surface area contributed by atoms with Crippen molar-refractivity contribution in [3.63, 3.8) is 0 Å². The molecule has 210 valence electrons. The number of methoxy groups -OCH3 is 1. The Morgan fingerprint density at radius 1 is 1.12 bits per heavy atom. The van der Waals surface area contributed by atoms with E-state index in [9.17, 15) is 14.4 Å². The maximum Gasteiger partial charge on any atom is 0.271 e. The molecule has 5 rings (SSSR count). The molecule has 0 saturated carbocycles. The Hall–Kier alpha value is -4.90. The van der Waals surface area contributed by atoms with Crippen LogP contribution in [0.1, 0.15) is 35.6 Å². The second-order valence-electron chi connectivity index (χ2n) is 9.46. The minimum atomic E-state index is -0.815. The lowest BCUT2D eigenvalue weighted by molar-refractivity contribution is -0.120. The van der Waals surface area contributed by atoms with Crippen LogP contribution in [0, 0.1) is 13.8 Å². The molecular weight excluding hydrogens is 544 g/mol. The minimum Gasteiger partial charge on any atom is -0.493 e. The van der Waals surface area contributed by atoms with Gasteiger partial charge in [-0.25, -0.2) is 4.99 Å². The summed E-state index contributed by atoms with van der Waals surface area (Å²) in [7, 11) is 1.47. The number of nitrogens with zero attached hydrogens (tertiary/aromatic N) is 2. The largest absolute Gasteiger partial charge is 0.493 e. The first-order valence-corrected chi connectivity index (χ1v) is 13.5. The van der Waals surface area contributed by atoms with Crippen molar-refractivity contribution in [2.45, 2.75) is 26.8 Å². The third-order valence-corrected chi connectivity index (χ3v) is 7.53. The van der Waals surface area contributed by atoms with E-state index in [4.69, 9.17) is 19.6 Å². The first-order valence-electron chi connectivity index (χ1n) is 12.7. The first-order chi connectivity index (χ1) is 19.7. The number of ether oxygens (including phenoxy) is 2. The zero-order valence-electron chi connectivity index (χ0n) is 22.9. The van der Waals surface area contributed by atoms with Crippen molar-refractivity contribution in [2.24, 2.45) is 10.7 Å². The van der Waals surface area contributed by atoms with E-state index in [0.29, 0.717) is 54.9 Å². The van der Waals surface area contributed by atoms with Crippen molar-refractivity contribution >= 4 is 34.9 Å². The number of aromatic nitrogens is 1. The van der Waals surface area contributed by atoms with Crippen molar-refractivity contribution in [2.75, 3.05) is 19.0 Å². The fourth-order valence-corrected chi connectivity index (χ4v) is 5.62. The Bertz CT molecular complexity index is 1880. The number of allylic oxidation sites excluding steroid dienone is 1. The third kappa shape index (κ3) is 5.57. The highest BCUT2D eigenvalue weighted by Crippen LogP contribution is 2.32. The van der Waals surface area contributed by atoms with Gasteiger partial charge in [-0.05, 0) is 68.3 Å². The van der Waals surface area contributed by atoms with Crippen LogP contribution in [0.4, 0.5) is 5.69 Å². The van der Waals surface area contributed by atoms with Gasteiger partial charge in [0.05, 0.1) is 22.9 Å². The normalized spacial score (nSPS) is 14.8. The van der Waals surface area contributed by atoms with Gasteiger partial charge in [-0.15, -0.1) is 0 Å². The summed E-state index contributed by atoms with van der Waals surface area (Å²) < 4.78 is 18.7. The van der Waals surface area contributed by atoms with Crippen LogP contribution in [0.5, 0.6) is 11.5 Å². The van der Waals surface area contributed by atoms with Gasteiger partial charge in [-0.2, -0.15) is 0 Å². The van der Waals surface area contributed by atoms with Crippen molar-refractivity contribution in [1.82, 2.24) is 4.57 Å². The number of nitrogens with two attached hydrogens (primary N) is 1. The predicted molar refractivity (Wildman–Crippen MR) is 155 cm³/mol. The van der Waals surface area contributed by atoms with Crippen LogP contribution < -0.4 is 35.4 Å². The number of rotatable bonds is 8. The fourth-order valence-electron chi connectivity index (χ4n) is 4.58. The highest BCUT2D eigenvalue weighted by atomic mass is 32.1. The van der Waals surface area contributed by atoms with E-state index in [1.54, 1.807) is 50.3 Å². The number of hydrogen-bond acceptors (Lipinski definition) is 8. The summed E-state index contributed by atoms with van der Waals surface area (Å²) >= 11 is 1.21. The van der Waals surface area contributed by atoms with Gasteiger partial charge in [0, 0.05) is 5.69 Å².